The van der Waals surface area contributed by atoms with E-state index in [2.05, 4.69) is 5.32 Å². The van der Waals surface area contributed by atoms with Gasteiger partial charge in [0.05, 0.1) is 17.1 Å². The second-order valence-electron chi connectivity index (χ2n) is 4.17. The molecule has 0 unspecified atom stereocenters. The molecule has 0 fully saturated rings. The fourth-order valence-corrected chi connectivity index (χ4v) is 2.50. The first kappa shape index (κ1) is 15.0. The molecule has 1 aromatic carbocycles. The molecule has 2 rings (SSSR count). The van der Waals surface area contributed by atoms with Crippen molar-refractivity contribution in [3.63, 3.8) is 0 Å². The minimum Gasteiger partial charge on any atom is -0.462 e. The number of anilines is 1. The zero-order chi connectivity index (χ0) is 15.2. The second kappa shape index (κ2) is 6.85. The Hall–Kier alpha value is -2.41. The van der Waals surface area contributed by atoms with E-state index < -0.39 is 10.9 Å². The lowest BCUT2D eigenvalue weighted by molar-refractivity contribution is -0.380. The first-order chi connectivity index (χ1) is 10.1. The Morgan fingerprint density at radius 2 is 2.19 bits per heavy atom. The molecule has 0 saturated heterocycles. The molecule has 0 spiro atoms. The number of esters is 1. The number of thiophene rings is 1. The van der Waals surface area contributed by atoms with E-state index in [0.717, 1.165) is 16.9 Å². The second-order valence-corrected chi connectivity index (χ2v) is 5.06. The van der Waals surface area contributed by atoms with Crippen molar-refractivity contribution in [1.82, 2.24) is 0 Å². The van der Waals surface area contributed by atoms with E-state index in [-0.39, 0.29) is 5.00 Å². The average molecular weight is 306 g/mol. The van der Waals surface area contributed by atoms with Gasteiger partial charge in [0.1, 0.15) is 0 Å². The average Bonchev–Trinajstić information content (AvgIpc) is 2.95. The molecule has 7 heteroatoms. The molecule has 0 aliphatic rings. The Bertz CT molecular complexity index is 654. The third kappa shape index (κ3) is 3.79. The summed E-state index contributed by atoms with van der Waals surface area (Å²) in [6.07, 6.45) is 0. The third-order valence-electron chi connectivity index (χ3n) is 2.73. The summed E-state index contributed by atoms with van der Waals surface area (Å²) in [5, 5.41) is 15.6. The zero-order valence-corrected chi connectivity index (χ0v) is 12.2. The summed E-state index contributed by atoms with van der Waals surface area (Å²) in [4.78, 5) is 22.0. The summed E-state index contributed by atoms with van der Waals surface area (Å²) in [5.74, 6) is -0.392. The van der Waals surface area contributed by atoms with Gasteiger partial charge in [-0.25, -0.2) is 4.79 Å². The van der Waals surface area contributed by atoms with Gasteiger partial charge >= 0.3 is 11.0 Å². The van der Waals surface area contributed by atoms with Crippen molar-refractivity contribution in [1.29, 1.82) is 0 Å². The fraction of sp³-hybridized carbons (Fsp3) is 0.214. The van der Waals surface area contributed by atoms with Crippen LogP contribution in [0.15, 0.2) is 35.7 Å². The van der Waals surface area contributed by atoms with Gasteiger partial charge in [0.2, 0.25) is 0 Å². The normalized spacial score (nSPS) is 10.1. The van der Waals surface area contributed by atoms with E-state index in [4.69, 9.17) is 4.74 Å². The number of carbonyl (C=O) groups excluding carboxylic acids is 1. The fourth-order valence-electron chi connectivity index (χ4n) is 1.77. The molecule has 1 heterocycles. The van der Waals surface area contributed by atoms with E-state index in [9.17, 15) is 14.9 Å². The number of hydrogen-bond acceptors (Lipinski definition) is 6. The van der Waals surface area contributed by atoms with Crippen LogP contribution in [0.25, 0.3) is 0 Å². The molecule has 0 aliphatic heterocycles. The Labute approximate surface area is 125 Å². The van der Waals surface area contributed by atoms with Crippen LogP contribution in [0.5, 0.6) is 0 Å². The molecule has 0 amide bonds. The van der Waals surface area contributed by atoms with Gasteiger partial charge in [0.15, 0.2) is 0 Å². The van der Waals surface area contributed by atoms with Gasteiger partial charge in [0, 0.05) is 23.7 Å². The summed E-state index contributed by atoms with van der Waals surface area (Å²) in [6, 6.07) is 8.53. The van der Waals surface area contributed by atoms with Gasteiger partial charge < -0.3 is 10.1 Å². The molecule has 1 aromatic heterocycles. The van der Waals surface area contributed by atoms with Crippen LogP contribution in [0.2, 0.25) is 0 Å². The highest BCUT2D eigenvalue weighted by molar-refractivity contribution is 7.13. The highest BCUT2D eigenvalue weighted by atomic mass is 32.1. The van der Waals surface area contributed by atoms with Crippen molar-refractivity contribution in [2.24, 2.45) is 0 Å². The van der Waals surface area contributed by atoms with Crippen LogP contribution in [-0.2, 0) is 11.3 Å². The first-order valence-electron chi connectivity index (χ1n) is 6.33. The van der Waals surface area contributed by atoms with Gasteiger partial charge in [-0.1, -0.05) is 23.5 Å². The highest BCUT2D eigenvalue weighted by Gasteiger charge is 2.13. The molecule has 2 aromatic rings. The van der Waals surface area contributed by atoms with Crippen LogP contribution >= 0.6 is 11.3 Å². The molecule has 0 atom stereocenters. The number of hydrogen-bond donors (Lipinski definition) is 1. The largest absolute Gasteiger partial charge is 0.462 e. The van der Waals surface area contributed by atoms with E-state index in [0.29, 0.717) is 24.4 Å². The van der Waals surface area contributed by atoms with Crippen LogP contribution in [0, 0.1) is 10.1 Å². The van der Waals surface area contributed by atoms with Crippen LogP contribution in [0.3, 0.4) is 0 Å². The maximum atomic E-state index is 11.8. The van der Waals surface area contributed by atoms with E-state index in [1.54, 1.807) is 36.6 Å². The van der Waals surface area contributed by atoms with Gasteiger partial charge in [-0.2, -0.15) is 0 Å². The van der Waals surface area contributed by atoms with Crippen molar-refractivity contribution < 1.29 is 14.5 Å². The molecule has 0 bridgehead atoms. The number of carbonyl (C=O) groups is 1. The lowest BCUT2D eigenvalue weighted by atomic mass is 10.1. The number of nitrogens with zero attached hydrogens (tertiary/aromatic N) is 1. The Kier molecular flexibility index (Phi) is 4.89. The van der Waals surface area contributed by atoms with Gasteiger partial charge in [-0.05, 0) is 24.6 Å². The summed E-state index contributed by atoms with van der Waals surface area (Å²) in [5.41, 5.74) is 1.89. The molecule has 0 aliphatic carbocycles. The maximum absolute atomic E-state index is 11.8. The van der Waals surface area contributed by atoms with Crippen LogP contribution in [-0.4, -0.2) is 17.5 Å². The third-order valence-corrected chi connectivity index (χ3v) is 3.65. The number of benzene rings is 1. The molecular formula is C14H14N2O4S. The standard InChI is InChI=1S/C14H14N2O4S/c1-2-20-14(17)11-5-3-4-6-12(11)15-8-10-7-13(16(18)19)21-9-10/h3-7,9,15H,2,8H2,1H3. The summed E-state index contributed by atoms with van der Waals surface area (Å²) in [6.45, 7) is 2.46. The van der Waals surface area contributed by atoms with Crippen molar-refractivity contribution in [3.05, 3.63) is 57.0 Å². The minimum absolute atomic E-state index is 0.102. The highest BCUT2D eigenvalue weighted by Crippen LogP contribution is 2.24. The van der Waals surface area contributed by atoms with Crippen molar-refractivity contribution in [2.45, 2.75) is 13.5 Å². The molecule has 0 saturated carbocycles. The molecule has 1 N–H and O–H groups in total. The van der Waals surface area contributed by atoms with Gasteiger partial charge in [0.25, 0.3) is 0 Å². The van der Waals surface area contributed by atoms with Gasteiger partial charge in [-0.15, -0.1) is 0 Å². The monoisotopic (exact) mass is 306 g/mol. The first-order valence-corrected chi connectivity index (χ1v) is 7.21. The van der Waals surface area contributed by atoms with E-state index >= 15 is 0 Å². The predicted molar refractivity (Wildman–Crippen MR) is 80.7 cm³/mol. The zero-order valence-electron chi connectivity index (χ0n) is 11.4. The molecule has 0 radical (unpaired) electrons. The van der Waals surface area contributed by atoms with Crippen LogP contribution in [0.4, 0.5) is 10.7 Å². The lowest BCUT2D eigenvalue weighted by Crippen LogP contribution is -2.09. The van der Waals surface area contributed by atoms with Gasteiger partial charge in [-0.3, -0.25) is 10.1 Å². The number of rotatable bonds is 6. The van der Waals surface area contributed by atoms with Crippen LogP contribution < -0.4 is 5.32 Å². The molecule has 6 nitrogen and oxygen atoms in total. The predicted octanol–water partition coefficient (Wildman–Crippen LogP) is 3.45. The quantitative estimate of drug-likeness (QED) is 0.502. The number of para-hydroxylation sites is 1. The van der Waals surface area contributed by atoms with Crippen molar-refractivity contribution in [2.75, 3.05) is 11.9 Å². The van der Waals surface area contributed by atoms with E-state index in [1.807, 2.05) is 0 Å². The SMILES string of the molecule is CCOC(=O)c1ccccc1NCc1csc([N+](=O)[O-])c1. The van der Waals surface area contributed by atoms with Crippen molar-refractivity contribution >= 4 is 28.0 Å². The smallest absolute Gasteiger partial charge is 0.340 e. The van der Waals surface area contributed by atoms with E-state index in [1.165, 1.54) is 6.07 Å². The van der Waals surface area contributed by atoms with Crippen molar-refractivity contribution in [3.8, 4) is 0 Å². The topological polar surface area (TPSA) is 81.5 Å². The Balaban J connectivity index is 2.09. The minimum atomic E-state index is -0.416. The summed E-state index contributed by atoms with van der Waals surface area (Å²) >= 11 is 1.08. The van der Waals surface area contributed by atoms with Crippen LogP contribution in [0.1, 0.15) is 22.8 Å². The summed E-state index contributed by atoms with van der Waals surface area (Å²) in [7, 11) is 0. The Morgan fingerprint density at radius 1 is 1.43 bits per heavy atom. The lowest BCUT2D eigenvalue weighted by Gasteiger charge is -2.10. The molecular weight excluding hydrogens is 292 g/mol. The number of ether oxygens (including phenoxy) is 1. The summed E-state index contributed by atoms with van der Waals surface area (Å²) < 4.78 is 4.99. The number of nitrogens with one attached hydrogen (secondary N) is 1. The number of nitro groups is 1. The molecule has 21 heavy (non-hydrogen) atoms. The maximum Gasteiger partial charge on any atom is 0.340 e. The molecule has 110 valence electrons. The Morgan fingerprint density at radius 3 is 2.86 bits per heavy atom.